The Labute approximate surface area is 125 Å². The molecule has 1 fully saturated rings. The molecule has 2 aliphatic rings. The summed E-state index contributed by atoms with van der Waals surface area (Å²) in [6.07, 6.45) is 6.19. The zero-order chi connectivity index (χ0) is 15.0. The molecule has 1 aliphatic carbocycles. The lowest BCUT2D eigenvalue weighted by molar-refractivity contribution is -0.122. The number of carbonyl (C=O) groups is 1. The number of nitrogens with zero attached hydrogens (tertiary/aromatic N) is 1. The van der Waals surface area contributed by atoms with Gasteiger partial charge >= 0.3 is 0 Å². The van der Waals surface area contributed by atoms with Crippen molar-refractivity contribution in [1.82, 2.24) is 0 Å². The van der Waals surface area contributed by atoms with Gasteiger partial charge in [-0.25, -0.2) is 8.42 Å². The summed E-state index contributed by atoms with van der Waals surface area (Å²) in [5, 5.41) is 0. The second kappa shape index (κ2) is 5.33. The summed E-state index contributed by atoms with van der Waals surface area (Å²) in [7, 11) is -3.30. The first-order valence-electron chi connectivity index (χ1n) is 7.36. The van der Waals surface area contributed by atoms with E-state index >= 15 is 0 Å². The SMILES string of the molecule is CS(=O)(=O)Nc1ccc2c(c1)N(C(=O)C1CCCC1)CC2. The molecule has 0 bridgehead atoms. The lowest BCUT2D eigenvalue weighted by Crippen LogP contribution is -2.33. The lowest BCUT2D eigenvalue weighted by Gasteiger charge is -2.21. The van der Waals surface area contributed by atoms with Gasteiger partial charge < -0.3 is 4.90 Å². The number of fused-ring (bicyclic) bond motifs is 1. The molecule has 1 saturated carbocycles. The van der Waals surface area contributed by atoms with Gasteiger partial charge in [0.1, 0.15) is 0 Å². The van der Waals surface area contributed by atoms with Crippen molar-refractivity contribution in [2.24, 2.45) is 5.92 Å². The fourth-order valence-corrected chi connectivity index (χ4v) is 3.83. The minimum absolute atomic E-state index is 0.141. The number of carbonyl (C=O) groups excluding carboxylic acids is 1. The zero-order valence-corrected chi connectivity index (χ0v) is 12.9. The number of amides is 1. The van der Waals surface area contributed by atoms with Crippen molar-refractivity contribution in [3.8, 4) is 0 Å². The summed E-state index contributed by atoms with van der Waals surface area (Å²) in [4.78, 5) is 14.4. The van der Waals surface area contributed by atoms with Gasteiger partial charge in [0.05, 0.1) is 11.9 Å². The van der Waals surface area contributed by atoms with E-state index in [0.29, 0.717) is 12.2 Å². The van der Waals surface area contributed by atoms with Gasteiger partial charge in [-0.1, -0.05) is 18.9 Å². The normalized spacial score (nSPS) is 18.8. The number of nitrogens with one attached hydrogen (secondary N) is 1. The summed E-state index contributed by atoms with van der Waals surface area (Å²) < 4.78 is 25.1. The predicted octanol–water partition coefficient (Wildman–Crippen LogP) is 2.14. The molecule has 1 amide bonds. The highest BCUT2D eigenvalue weighted by Gasteiger charge is 2.31. The molecule has 3 rings (SSSR count). The summed E-state index contributed by atoms with van der Waals surface area (Å²) in [5.74, 6) is 0.338. The van der Waals surface area contributed by atoms with Crippen LogP contribution in [0.2, 0.25) is 0 Å². The first-order chi connectivity index (χ1) is 9.94. The van der Waals surface area contributed by atoms with Crippen molar-refractivity contribution in [3.05, 3.63) is 23.8 Å². The number of anilines is 2. The summed E-state index contributed by atoms with van der Waals surface area (Å²) >= 11 is 0. The van der Waals surface area contributed by atoms with Gasteiger partial charge in [0.2, 0.25) is 15.9 Å². The number of hydrogen-bond acceptors (Lipinski definition) is 3. The van der Waals surface area contributed by atoms with Gasteiger partial charge in [-0.3, -0.25) is 9.52 Å². The summed E-state index contributed by atoms with van der Waals surface area (Å²) in [6.45, 7) is 0.701. The third kappa shape index (κ3) is 3.05. The van der Waals surface area contributed by atoms with Gasteiger partial charge in [0, 0.05) is 18.2 Å². The maximum absolute atomic E-state index is 12.6. The number of rotatable bonds is 3. The molecule has 0 atom stereocenters. The molecular formula is C15H20N2O3S. The van der Waals surface area contributed by atoms with Gasteiger partial charge in [0.15, 0.2) is 0 Å². The highest BCUT2D eigenvalue weighted by molar-refractivity contribution is 7.92. The molecule has 1 N–H and O–H groups in total. The Morgan fingerprint density at radius 3 is 2.67 bits per heavy atom. The van der Waals surface area contributed by atoms with Crippen LogP contribution in [0.5, 0.6) is 0 Å². The standard InChI is InChI=1S/C15H20N2O3S/c1-21(19,20)16-13-7-6-11-8-9-17(14(11)10-13)15(18)12-4-2-3-5-12/h6-7,10,12,16H,2-5,8-9H2,1H3. The fraction of sp³-hybridized carbons (Fsp3) is 0.533. The van der Waals surface area contributed by atoms with E-state index in [4.69, 9.17) is 0 Å². The molecule has 1 heterocycles. The molecule has 0 saturated heterocycles. The van der Waals surface area contributed by atoms with Crippen LogP contribution >= 0.6 is 0 Å². The van der Waals surface area contributed by atoms with Crippen LogP contribution < -0.4 is 9.62 Å². The molecule has 1 aliphatic heterocycles. The highest BCUT2D eigenvalue weighted by Crippen LogP contribution is 2.35. The van der Waals surface area contributed by atoms with E-state index in [1.165, 1.54) is 0 Å². The Bertz CT molecular complexity index is 663. The molecule has 114 valence electrons. The second-order valence-corrected chi connectivity index (χ2v) is 7.69. The largest absolute Gasteiger partial charge is 0.312 e. The van der Waals surface area contributed by atoms with Crippen LogP contribution in [0.25, 0.3) is 0 Å². The Hall–Kier alpha value is -1.56. The maximum Gasteiger partial charge on any atom is 0.230 e. The summed E-state index contributed by atoms with van der Waals surface area (Å²) in [6, 6.07) is 5.43. The van der Waals surface area contributed by atoms with Crippen molar-refractivity contribution in [2.75, 3.05) is 22.4 Å². The molecule has 6 heteroatoms. The van der Waals surface area contributed by atoms with Crippen LogP contribution in [0.15, 0.2) is 18.2 Å². The Balaban J connectivity index is 1.86. The van der Waals surface area contributed by atoms with Crippen LogP contribution in [-0.2, 0) is 21.2 Å². The molecule has 21 heavy (non-hydrogen) atoms. The minimum atomic E-state index is -3.30. The summed E-state index contributed by atoms with van der Waals surface area (Å²) in [5.41, 5.74) is 2.49. The number of sulfonamides is 1. The van der Waals surface area contributed by atoms with E-state index in [1.54, 1.807) is 12.1 Å². The van der Waals surface area contributed by atoms with Crippen molar-refractivity contribution in [1.29, 1.82) is 0 Å². The van der Waals surface area contributed by atoms with Crippen molar-refractivity contribution < 1.29 is 13.2 Å². The third-order valence-electron chi connectivity index (χ3n) is 4.25. The molecule has 0 radical (unpaired) electrons. The average molecular weight is 308 g/mol. The van der Waals surface area contributed by atoms with Crippen LogP contribution in [0.3, 0.4) is 0 Å². The van der Waals surface area contributed by atoms with E-state index in [0.717, 1.165) is 49.6 Å². The van der Waals surface area contributed by atoms with Gasteiger partial charge in [-0.2, -0.15) is 0 Å². The molecule has 0 spiro atoms. The molecule has 0 aromatic heterocycles. The van der Waals surface area contributed by atoms with E-state index < -0.39 is 10.0 Å². The van der Waals surface area contributed by atoms with Crippen LogP contribution in [-0.4, -0.2) is 27.1 Å². The first-order valence-corrected chi connectivity index (χ1v) is 9.25. The fourth-order valence-electron chi connectivity index (χ4n) is 3.28. The molecular weight excluding hydrogens is 288 g/mol. The lowest BCUT2D eigenvalue weighted by atomic mass is 10.1. The number of benzene rings is 1. The van der Waals surface area contributed by atoms with E-state index in [-0.39, 0.29) is 11.8 Å². The highest BCUT2D eigenvalue weighted by atomic mass is 32.2. The van der Waals surface area contributed by atoms with Crippen molar-refractivity contribution in [3.63, 3.8) is 0 Å². The van der Waals surface area contributed by atoms with E-state index in [1.807, 2.05) is 11.0 Å². The predicted molar refractivity (Wildman–Crippen MR) is 82.9 cm³/mol. The Morgan fingerprint density at radius 1 is 1.29 bits per heavy atom. The van der Waals surface area contributed by atoms with E-state index in [2.05, 4.69) is 4.72 Å². The Kier molecular flexibility index (Phi) is 3.65. The second-order valence-electron chi connectivity index (χ2n) is 5.94. The van der Waals surface area contributed by atoms with Crippen LogP contribution in [0, 0.1) is 5.92 Å². The van der Waals surface area contributed by atoms with Crippen molar-refractivity contribution in [2.45, 2.75) is 32.1 Å². The van der Waals surface area contributed by atoms with Gasteiger partial charge in [-0.15, -0.1) is 0 Å². The molecule has 1 aromatic carbocycles. The van der Waals surface area contributed by atoms with Crippen LogP contribution in [0.1, 0.15) is 31.2 Å². The Morgan fingerprint density at radius 2 is 2.00 bits per heavy atom. The molecule has 0 unspecified atom stereocenters. The monoisotopic (exact) mass is 308 g/mol. The average Bonchev–Trinajstić information content (AvgIpc) is 3.05. The minimum Gasteiger partial charge on any atom is -0.312 e. The zero-order valence-electron chi connectivity index (χ0n) is 12.1. The third-order valence-corrected chi connectivity index (χ3v) is 4.86. The van der Waals surface area contributed by atoms with Crippen LogP contribution in [0.4, 0.5) is 11.4 Å². The topological polar surface area (TPSA) is 66.5 Å². The van der Waals surface area contributed by atoms with Gasteiger partial charge in [0.25, 0.3) is 0 Å². The molecule has 5 nitrogen and oxygen atoms in total. The van der Waals surface area contributed by atoms with Gasteiger partial charge in [-0.05, 0) is 37.0 Å². The molecule has 1 aromatic rings. The van der Waals surface area contributed by atoms with E-state index in [9.17, 15) is 13.2 Å². The maximum atomic E-state index is 12.6. The van der Waals surface area contributed by atoms with Crippen molar-refractivity contribution >= 4 is 27.3 Å². The number of hydrogen-bond donors (Lipinski definition) is 1. The first kappa shape index (κ1) is 14.4. The smallest absolute Gasteiger partial charge is 0.230 e. The quantitative estimate of drug-likeness (QED) is 0.930.